The number of aromatic nitrogens is 3. The van der Waals surface area contributed by atoms with Gasteiger partial charge in [-0.1, -0.05) is 0 Å². The predicted octanol–water partition coefficient (Wildman–Crippen LogP) is 1.41. The van der Waals surface area contributed by atoms with Gasteiger partial charge in [-0.3, -0.25) is 14.8 Å². The van der Waals surface area contributed by atoms with Gasteiger partial charge in [0.05, 0.1) is 12.1 Å². The minimum Gasteiger partial charge on any atom is -0.320 e. The third-order valence-corrected chi connectivity index (χ3v) is 2.81. The molecule has 1 N–H and O–H groups in total. The van der Waals surface area contributed by atoms with Gasteiger partial charge < -0.3 is 4.57 Å². The largest absolute Gasteiger partial charge is 0.320 e. The van der Waals surface area contributed by atoms with Crippen LogP contribution in [-0.2, 0) is 6.54 Å². The zero-order valence-corrected chi connectivity index (χ0v) is 8.77. The van der Waals surface area contributed by atoms with Crippen molar-refractivity contribution in [3.8, 4) is 0 Å². The molecule has 0 unspecified atom stereocenters. The molecule has 6 heteroatoms. The van der Waals surface area contributed by atoms with Crippen LogP contribution < -0.4 is 5.56 Å². The van der Waals surface area contributed by atoms with E-state index < -0.39 is 0 Å². The van der Waals surface area contributed by atoms with Gasteiger partial charge in [0, 0.05) is 23.3 Å². The first-order valence-corrected chi connectivity index (χ1v) is 5.21. The first-order valence-electron chi connectivity index (χ1n) is 3.93. The van der Waals surface area contributed by atoms with Crippen LogP contribution in [0.5, 0.6) is 0 Å². The van der Waals surface area contributed by atoms with Gasteiger partial charge in [0.15, 0.2) is 4.77 Å². The molecule has 2 aromatic rings. The molecule has 0 aromatic carbocycles. The second kappa shape index (κ2) is 3.85. The van der Waals surface area contributed by atoms with E-state index in [9.17, 15) is 4.79 Å². The monoisotopic (exact) mass is 225 g/mol. The Labute approximate surface area is 88.9 Å². The molecule has 0 aliphatic heterocycles. The lowest BCUT2D eigenvalue weighted by molar-refractivity contribution is 0.753. The van der Waals surface area contributed by atoms with Gasteiger partial charge in [0.2, 0.25) is 0 Å². The summed E-state index contributed by atoms with van der Waals surface area (Å²) in [5, 5.41) is 0. The maximum Gasteiger partial charge on any atom is 0.251 e. The number of H-pyrrole nitrogens is 1. The highest BCUT2D eigenvalue weighted by Gasteiger charge is 1.97. The molecule has 0 atom stereocenters. The number of hydrogen-bond acceptors (Lipinski definition) is 4. The van der Waals surface area contributed by atoms with E-state index in [1.165, 1.54) is 6.07 Å². The van der Waals surface area contributed by atoms with Crippen molar-refractivity contribution in [1.29, 1.82) is 0 Å². The third-order valence-electron chi connectivity index (χ3n) is 1.71. The Morgan fingerprint density at radius 1 is 1.64 bits per heavy atom. The summed E-state index contributed by atoms with van der Waals surface area (Å²) in [4.78, 5) is 18.5. The second-order valence-corrected chi connectivity index (χ2v) is 4.06. The van der Waals surface area contributed by atoms with Crippen LogP contribution >= 0.6 is 23.6 Å². The Morgan fingerprint density at radius 2 is 2.50 bits per heavy atom. The lowest BCUT2D eigenvalue weighted by atomic mass is 10.5. The highest BCUT2D eigenvalue weighted by atomic mass is 32.1. The van der Waals surface area contributed by atoms with Gasteiger partial charge >= 0.3 is 0 Å². The molecule has 2 heterocycles. The maximum absolute atomic E-state index is 10.9. The van der Waals surface area contributed by atoms with Crippen LogP contribution in [0.2, 0.25) is 0 Å². The summed E-state index contributed by atoms with van der Waals surface area (Å²) in [6.45, 7) is 0.653. The van der Waals surface area contributed by atoms with Crippen molar-refractivity contribution in [1.82, 2.24) is 14.5 Å². The van der Waals surface area contributed by atoms with Gasteiger partial charge in [-0.15, -0.1) is 11.3 Å². The number of thiazole rings is 1. The van der Waals surface area contributed by atoms with E-state index in [0.29, 0.717) is 11.3 Å². The summed E-state index contributed by atoms with van der Waals surface area (Å²) >= 11 is 6.56. The zero-order valence-electron chi connectivity index (χ0n) is 7.14. The average molecular weight is 225 g/mol. The maximum atomic E-state index is 10.9. The molecule has 0 spiro atoms. The summed E-state index contributed by atoms with van der Waals surface area (Å²) in [5.41, 5.74) is 1.60. The molecule has 72 valence electrons. The SMILES string of the molecule is O=c1ccn(Cc2cncs2)c(=S)[nH]1. The summed E-state index contributed by atoms with van der Waals surface area (Å²) in [7, 11) is 0. The zero-order chi connectivity index (χ0) is 9.97. The highest BCUT2D eigenvalue weighted by Crippen LogP contribution is 2.07. The number of nitrogens with one attached hydrogen (secondary N) is 1. The molecule has 0 saturated carbocycles. The van der Waals surface area contributed by atoms with Crippen molar-refractivity contribution in [2.24, 2.45) is 0 Å². The number of nitrogens with zero attached hydrogens (tertiary/aromatic N) is 2. The highest BCUT2D eigenvalue weighted by molar-refractivity contribution is 7.71. The summed E-state index contributed by atoms with van der Waals surface area (Å²) in [6.07, 6.45) is 3.47. The van der Waals surface area contributed by atoms with Crippen LogP contribution in [0.1, 0.15) is 4.88 Å². The smallest absolute Gasteiger partial charge is 0.251 e. The fourth-order valence-electron chi connectivity index (χ4n) is 1.06. The molecule has 0 aliphatic rings. The van der Waals surface area contributed by atoms with Gasteiger partial charge in [-0.05, 0) is 12.2 Å². The Balaban J connectivity index is 2.35. The van der Waals surface area contributed by atoms with Gasteiger partial charge in [0.1, 0.15) is 0 Å². The van der Waals surface area contributed by atoms with Crippen molar-refractivity contribution in [2.45, 2.75) is 6.54 Å². The van der Waals surface area contributed by atoms with Gasteiger partial charge in [-0.25, -0.2) is 0 Å². The van der Waals surface area contributed by atoms with Gasteiger partial charge in [-0.2, -0.15) is 0 Å². The first-order chi connectivity index (χ1) is 6.75. The molecule has 2 rings (SSSR count). The third kappa shape index (κ3) is 1.97. The van der Waals surface area contributed by atoms with E-state index in [-0.39, 0.29) is 5.56 Å². The molecule has 2 aromatic heterocycles. The van der Waals surface area contributed by atoms with Crippen LogP contribution in [0.3, 0.4) is 0 Å². The van der Waals surface area contributed by atoms with Crippen LogP contribution in [-0.4, -0.2) is 14.5 Å². The number of rotatable bonds is 2. The topological polar surface area (TPSA) is 50.7 Å². The molecule has 0 amide bonds. The lowest BCUT2D eigenvalue weighted by Crippen LogP contribution is -2.11. The fraction of sp³-hybridized carbons (Fsp3) is 0.125. The van der Waals surface area contributed by atoms with E-state index in [0.717, 1.165) is 4.88 Å². The van der Waals surface area contributed by atoms with Crippen molar-refractivity contribution in [2.75, 3.05) is 0 Å². The Bertz CT molecular complexity index is 526. The van der Waals surface area contributed by atoms with Crippen LogP contribution in [0.25, 0.3) is 0 Å². The molecule has 0 aliphatic carbocycles. The van der Waals surface area contributed by atoms with E-state index in [2.05, 4.69) is 9.97 Å². The lowest BCUT2D eigenvalue weighted by Gasteiger charge is -2.02. The van der Waals surface area contributed by atoms with E-state index in [1.54, 1.807) is 33.8 Å². The minimum absolute atomic E-state index is 0.171. The molecule has 0 radical (unpaired) electrons. The molecule has 0 bridgehead atoms. The van der Waals surface area contributed by atoms with Gasteiger partial charge in [0.25, 0.3) is 5.56 Å². The Kier molecular flexibility index (Phi) is 2.55. The van der Waals surface area contributed by atoms with Crippen molar-refractivity contribution in [3.63, 3.8) is 0 Å². The summed E-state index contributed by atoms with van der Waals surface area (Å²) in [5.74, 6) is 0. The minimum atomic E-state index is -0.171. The molecular weight excluding hydrogens is 218 g/mol. The van der Waals surface area contributed by atoms with E-state index in [4.69, 9.17) is 12.2 Å². The van der Waals surface area contributed by atoms with Crippen molar-refractivity contribution in [3.05, 3.63) is 44.0 Å². The molecule has 0 saturated heterocycles. The molecule has 14 heavy (non-hydrogen) atoms. The molecular formula is C8H7N3OS2. The van der Waals surface area contributed by atoms with Crippen LogP contribution in [0.15, 0.2) is 28.8 Å². The first kappa shape index (κ1) is 9.29. The summed E-state index contributed by atoms with van der Waals surface area (Å²) in [6, 6.07) is 1.46. The van der Waals surface area contributed by atoms with Crippen LogP contribution in [0, 0.1) is 4.77 Å². The number of aromatic amines is 1. The van der Waals surface area contributed by atoms with E-state index in [1.807, 2.05) is 0 Å². The summed E-state index contributed by atoms with van der Waals surface area (Å²) < 4.78 is 2.23. The molecule has 0 fully saturated rings. The van der Waals surface area contributed by atoms with Crippen LogP contribution in [0.4, 0.5) is 0 Å². The normalized spacial score (nSPS) is 10.3. The number of hydrogen-bond donors (Lipinski definition) is 1. The quantitative estimate of drug-likeness (QED) is 0.786. The average Bonchev–Trinajstić information content (AvgIpc) is 2.62. The Hall–Kier alpha value is -1.27. The standard InChI is InChI=1S/C8H7N3OS2/c12-7-1-2-11(8(13)10-7)4-6-3-9-5-14-6/h1-3,5H,4H2,(H,10,12,13). The van der Waals surface area contributed by atoms with Crippen molar-refractivity contribution >= 4 is 23.6 Å². The molecule has 4 nitrogen and oxygen atoms in total. The Morgan fingerprint density at radius 3 is 3.14 bits per heavy atom. The van der Waals surface area contributed by atoms with E-state index >= 15 is 0 Å². The fourth-order valence-corrected chi connectivity index (χ4v) is 1.88. The second-order valence-electron chi connectivity index (χ2n) is 2.71. The van der Waals surface area contributed by atoms with Crippen molar-refractivity contribution < 1.29 is 0 Å². The predicted molar refractivity (Wildman–Crippen MR) is 57.1 cm³/mol.